The number of anilines is 2. The van der Waals surface area contributed by atoms with E-state index < -0.39 is 0 Å². The Morgan fingerprint density at radius 3 is 2.86 bits per heavy atom. The van der Waals surface area contributed by atoms with Crippen LogP contribution in [0.15, 0.2) is 48.7 Å². The highest BCUT2D eigenvalue weighted by molar-refractivity contribution is 6.30. The molecular formula is C22H22ClN5O. The number of aryl methyl sites for hydroxylation is 1. The Labute approximate surface area is 174 Å². The molecule has 2 fully saturated rings. The molecule has 2 aliphatic heterocycles. The first-order chi connectivity index (χ1) is 14.1. The smallest absolute Gasteiger partial charge is 0.226 e. The third-order valence-corrected chi connectivity index (χ3v) is 5.97. The van der Waals surface area contributed by atoms with E-state index in [1.807, 2.05) is 48.7 Å². The van der Waals surface area contributed by atoms with Crippen LogP contribution < -0.4 is 15.5 Å². The molecule has 1 aromatic heterocycles. The zero-order chi connectivity index (χ0) is 19.8. The maximum Gasteiger partial charge on any atom is 0.226 e. The molecule has 2 atom stereocenters. The minimum absolute atomic E-state index is 0.0163. The number of halogens is 1. The number of carbonyl (C=O) groups excluding carboxylic acids is 1. The molecule has 5 rings (SSSR count). The van der Waals surface area contributed by atoms with E-state index in [9.17, 15) is 4.79 Å². The minimum atomic E-state index is -0.0163. The van der Waals surface area contributed by atoms with Gasteiger partial charge in [0.2, 0.25) is 11.9 Å². The van der Waals surface area contributed by atoms with Gasteiger partial charge in [-0.1, -0.05) is 23.7 Å². The van der Waals surface area contributed by atoms with Gasteiger partial charge in [-0.25, -0.2) is 9.97 Å². The molecule has 2 saturated heterocycles. The van der Waals surface area contributed by atoms with E-state index in [-0.39, 0.29) is 5.91 Å². The number of nitrogens with one attached hydrogen (secondary N) is 2. The number of benzene rings is 2. The summed E-state index contributed by atoms with van der Waals surface area (Å²) < 4.78 is 0. The number of fused-ring (bicyclic) bond motifs is 3. The first kappa shape index (κ1) is 18.3. The molecule has 2 bridgehead atoms. The van der Waals surface area contributed by atoms with Gasteiger partial charge in [-0.05, 0) is 48.7 Å². The van der Waals surface area contributed by atoms with Crippen LogP contribution in [0.2, 0.25) is 5.02 Å². The largest absolute Gasteiger partial charge is 0.335 e. The molecular weight excluding hydrogens is 386 g/mol. The summed E-state index contributed by atoms with van der Waals surface area (Å²) >= 11 is 5.90. The van der Waals surface area contributed by atoms with Gasteiger partial charge in [-0.15, -0.1) is 0 Å². The van der Waals surface area contributed by atoms with Crippen molar-refractivity contribution >= 4 is 40.0 Å². The van der Waals surface area contributed by atoms with Crippen LogP contribution in [0.4, 0.5) is 11.6 Å². The second-order valence-electron chi connectivity index (χ2n) is 7.77. The highest BCUT2D eigenvalue weighted by Gasteiger charge is 2.38. The third kappa shape index (κ3) is 3.91. The van der Waals surface area contributed by atoms with Gasteiger partial charge in [0.05, 0.1) is 5.52 Å². The fourth-order valence-corrected chi connectivity index (χ4v) is 4.30. The van der Waals surface area contributed by atoms with Gasteiger partial charge in [0.1, 0.15) is 0 Å². The Balaban J connectivity index is 1.24. The standard InChI is InChI=1S/C22H22ClN5O/c23-16-4-1-14(2-5-16)3-8-21(29)26-17-6-7-20-15(9-17)11-25-22(27-20)28-13-18-10-19(28)12-24-18/h1-2,4-7,9,11,18-19,24H,3,8,10,12-13H2,(H,26,29). The lowest BCUT2D eigenvalue weighted by Gasteiger charge is -2.27. The van der Waals surface area contributed by atoms with Gasteiger partial charge in [-0.3, -0.25) is 4.79 Å². The van der Waals surface area contributed by atoms with Gasteiger partial charge < -0.3 is 15.5 Å². The number of piperazine rings is 1. The van der Waals surface area contributed by atoms with Gasteiger partial charge in [0.15, 0.2) is 0 Å². The Morgan fingerprint density at radius 1 is 1.24 bits per heavy atom. The fraction of sp³-hybridized carbons (Fsp3) is 0.318. The molecule has 2 N–H and O–H groups in total. The van der Waals surface area contributed by atoms with E-state index in [2.05, 4.69) is 20.5 Å². The molecule has 3 aromatic rings. The average molecular weight is 408 g/mol. The molecule has 3 heterocycles. The van der Waals surface area contributed by atoms with Crippen LogP contribution in [0, 0.1) is 0 Å². The van der Waals surface area contributed by atoms with Crippen LogP contribution in [0.3, 0.4) is 0 Å². The molecule has 1 amide bonds. The molecule has 2 unspecified atom stereocenters. The first-order valence-corrected chi connectivity index (χ1v) is 10.3. The van der Waals surface area contributed by atoms with E-state index in [4.69, 9.17) is 16.6 Å². The van der Waals surface area contributed by atoms with Crippen LogP contribution in [0.1, 0.15) is 18.4 Å². The molecule has 2 aromatic carbocycles. The lowest BCUT2D eigenvalue weighted by atomic mass is 10.1. The van der Waals surface area contributed by atoms with Crippen molar-refractivity contribution < 1.29 is 4.79 Å². The summed E-state index contributed by atoms with van der Waals surface area (Å²) in [5, 5.41) is 8.09. The molecule has 2 aliphatic rings. The predicted molar refractivity (Wildman–Crippen MR) is 115 cm³/mol. The molecule has 0 saturated carbocycles. The number of hydrogen-bond donors (Lipinski definition) is 2. The van der Waals surface area contributed by atoms with E-state index in [0.717, 1.165) is 41.2 Å². The second kappa shape index (κ2) is 7.61. The van der Waals surface area contributed by atoms with Crippen molar-refractivity contribution in [2.45, 2.75) is 31.3 Å². The van der Waals surface area contributed by atoms with E-state index in [1.54, 1.807) is 0 Å². The average Bonchev–Trinajstić information content (AvgIpc) is 3.37. The van der Waals surface area contributed by atoms with E-state index >= 15 is 0 Å². The summed E-state index contributed by atoms with van der Waals surface area (Å²) in [5.74, 6) is 0.781. The van der Waals surface area contributed by atoms with Crippen LogP contribution in [0.5, 0.6) is 0 Å². The van der Waals surface area contributed by atoms with Crippen LogP contribution in [-0.2, 0) is 11.2 Å². The highest BCUT2D eigenvalue weighted by Crippen LogP contribution is 2.28. The molecule has 0 spiro atoms. The van der Waals surface area contributed by atoms with Crippen molar-refractivity contribution in [2.75, 3.05) is 23.3 Å². The highest BCUT2D eigenvalue weighted by atomic mass is 35.5. The predicted octanol–water partition coefficient (Wildman–Crippen LogP) is 3.41. The Kier molecular flexibility index (Phi) is 4.81. The third-order valence-electron chi connectivity index (χ3n) is 5.72. The molecule has 0 aliphatic carbocycles. The SMILES string of the molecule is O=C(CCc1ccc(Cl)cc1)Nc1ccc2nc(N3CC4CC3CN4)ncc2c1. The summed E-state index contributed by atoms with van der Waals surface area (Å²) in [6, 6.07) is 14.4. The second-order valence-corrected chi connectivity index (χ2v) is 8.20. The normalized spacial score (nSPS) is 20.4. The van der Waals surface area contributed by atoms with Gasteiger partial charge in [-0.2, -0.15) is 0 Å². The maximum atomic E-state index is 12.3. The number of aromatic nitrogens is 2. The summed E-state index contributed by atoms with van der Waals surface area (Å²) in [4.78, 5) is 23.9. The number of amides is 1. The maximum absolute atomic E-state index is 12.3. The molecule has 7 heteroatoms. The first-order valence-electron chi connectivity index (χ1n) is 9.95. The summed E-state index contributed by atoms with van der Waals surface area (Å²) in [5.41, 5.74) is 2.75. The quantitative estimate of drug-likeness (QED) is 0.678. The zero-order valence-corrected chi connectivity index (χ0v) is 16.7. The fourth-order valence-electron chi connectivity index (χ4n) is 4.18. The number of nitrogens with zero attached hydrogens (tertiary/aromatic N) is 3. The number of hydrogen-bond acceptors (Lipinski definition) is 5. The molecule has 29 heavy (non-hydrogen) atoms. The van der Waals surface area contributed by atoms with Crippen molar-refractivity contribution in [3.63, 3.8) is 0 Å². The number of rotatable bonds is 5. The molecule has 6 nitrogen and oxygen atoms in total. The van der Waals surface area contributed by atoms with E-state index in [1.165, 1.54) is 6.42 Å². The lowest BCUT2D eigenvalue weighted by molar-refractivity contribution is -0.116. The van der Waals surface area contributed by atoms with Crippen LogP contribution in [0.25, 0.3) is 10.9 Å². The Morgan fingerprint density at radius 2 is 2.10 bits per heavy atom. The van der Waals surface area contributed by atoms with Crippen molar-refractivity contribution in [3.05, 3.63) is 59.2 Å². The molecule has 0 radical (unpaired) electrons. The topological polar surface area (TPSA) is 70.2 Å². The van der Waals surface area contributed by atoms with Gasteiger partial charge in [0, 0.05) is 53.9 Å². The summed E-state index contributed by atoms with van der Waals surface area (Å²) in [6.07, 6.45) is 4.11. The lowest BCUT2D eigenvalue weighted by Crippen LogP contribution is -2.44. The van der Waals surface area contributed by atoms with Gasteiger partial charge >= 0.3 is 0 Å². The minimum Gasteiger partial charge on any atom is -0.335 e. The van der Waals surface area contributed by atoms with Crippen molar-refractivity contribution in [2.24, 2.45) is 0 Å². The summed E-state index contributed by atoms with van der Waals surface area (Å²) in [7, 11) is 0. The monoisotopic (exact) mass is 407 g/mol. The Bertz CT molecular complexity index is 1050. The summed E-state index contributed by atoms with van der Waals surface area (Å²) in [6.45, 7) is 1.98. The van der Waals surface area contributed by atoms with Crippen LogP contribution >= 0.6 is 11.6 Å². The van der Waals surface area contributed by atoms with E-state index in [0.29, 0.717) is 29.9 Å². The molecule has 148 valence electrons. The van der Waals surface area contributed by atoms with Gasteiger partial charge in [0.25, 0.3) is 0 Å². The Hall–Kier alpha value is -2.70. The van der Waals surface area contributed by atoms with Crippen LogP contribution in [-0.4, -0.2) is 41.0 Å². The van der Waals surface area contributed by atoms with Crippen molar-refractivity contribution in [1.29, 1.82) is 0 Å². The number of carbonyl (C=O) groups is 1. The van der Waals surface area contributed by atoms with Crippen molar-refractivity contribution in [1.82, 2.24) is 15.3 Å². The zero-order valence-electron chi connectivity index (χ0n) is 15.9. The van der Waals surface area contributed by atoms with Crippen molar-refractivity contribution in [3.8, 4) is 0 Å².